The van der Waals surface area contributed by atoms with Gasteiger partial charge in [-0.25, -0.2) is 0 Å². The van der Waals surface area contributed by atoms with Crippen molar-refractivity contribution >= 4 is 5.78 Å². The molecule has 80 valence electrons. The molecule has 0 spiro atoms. The number of hydrogen-bond acceptors (Lipinski definition) is 5. The fourth-order valence-corrected chi connectivity index (χ4v) is 1.48. The molecule has 1 N–H and O–H groups in total. The summed E-state index contributed by atoms with van der Waals surface area (Å²) in [4.78, 5) is 11.5. The Morgan fingerprint density at radius 3 is 2.67 bits per heavy atom. The Kier molecular flexibility index (Phi) is 2.24. The average molecular weight is 210 g/mol. The SMILES string of the molecule is COc1cc(OC)c2c(c1)OC(O)C2=O. The molecule has 0 saturated carbocycles. The minimum Gasteiger partial charge on any atom is -0.496 e. The van der Waals surface area contributed by atoms with Crippen molar-refractivity contribution in [1.29, 1.82) is 0 Å². The predicted octanol–water partition coefficient (Wildman–Crippen LogP) is 0.597. The fraction of sp³-hybridized carbons (Fsp3) is 0.300. The first-order valence-electron chi connectivity index (χ1n) is 4.32. The Morgan fingerprint density at radius 2 is 2.07 bits per heavy atom. The van der Waals surface area contributed by atoms with E-state index in [9.17, 15) is 9.90 Å². The first-order valence-corrected chi connectivity index (χ1v) is 4.32. The number of methoxy groups -OCH3 is 2. The van der Waals surface area contributed by atoms with Crippen LogP contribution in [0.1, 0.15) is 10.4 Å². The van der Waals surface area contributed by atoms with Crippen molar-refractivity contribution in [2.75, 3.05) is 14.2 Å². The summed E-state index contributed by atoms with van der Waals surface area (Å²) in [6, 6.07) is 3.10. The monoisotopic (exact) mass is 210 g/mol. The Balaban J connectivity index is 2.58. The number of aliphatic hydroxyl groups excluding tert-OH is 1. The number of hydrogen-bond donors (Lipinski definition) is 1. The van der Waals surface area contributed by atoms with E-state index in [0.717, 1.165) is 0 Å². The second kappa shape index (κ2) is 3.43. The van der Waals surface area contributed by atoms with Crippen LogP contribution in [0.15, 0.2) is 12.1 Å². The minimum atomic E-state index is -1.44. The molecule has 0 amide bonds. The van der Waals surface area contributed by atoms with E-state index < -0.39 is 12.1 Å². The molecule has 2 rings (SSSR count). The number of rotatable bonds is 2. The van der Waals surface area contributed by atoms with Gasteiger partial charge in [-0.2, -0.15) is 0 Å². The molecule has 5 nitrogen and oxygen atoms in total. The molecule has 5 heteroatoms. The number of benzene rings is 1. The quantitative estimate of drug-likeness (QED) is 0.774. The number of ether oxygens (including phenoxy) is 3. The first-order chi connectivity index (χ1) is 7.17. The summed E-state index contributed by atoms with van der Waals surface area (Å²) in [5.41, 5.74) is 0.255. The van der Waals surface area contributed by atoms with Crippen molar-refractivity contribution in [2.45, 2.75) is 6.29 Å². The average Bonchev–Trinajstić information content (AvgIpc) is 2.53. The van der Waals surface area contributed by atoms with Gasteiger partial charge in [-0.1, -0.05) is 0 Å². The molecule has 15 heavy (non-hydrogen) atoms. The maximum Gasteiger partial charge on any atom is 0.262 e. The molecule has 0 radical (unpaired) electrons. The molecule has 0 saturated heterocycles. The molecule has 1 unspecified atom stereocenters. The van der Waals surface area contributed by atoms with Gasteiger partial charge < -0.3 is 19.3 Å². The first kappa shape index (κ1) is 9.79. The Bertz CT molecular complexity index is 413. The molecule has 0 fully saturated rings. The zero-order valence-corrected chi connectivity index (χ0v) is 8.31. The third-order valence-electron chi connectivity index (χ3n) is 2.20. The van der Waals surface area contributed by atoms with Crippen LogP contribution in [-0.4, -0.2) is 31.4 Å². The van der Waals surface area contributed by atoms with Gasteiger partial charge in [0.25, 0.3) is 6.29 Å². The summed E-state index contributed by atoms with van der Waals surface area (Å²) in [7, 11) is 2.93. The van der Waals surface area contributed by atoms with E-state index in [-0.39, 0.29) is 11.3 Å². The second-order valence-corrected chi connectivity index (χ2v) is 3.04. The third-order valence-corrected chi connectivity index (χ3v) is 2.20. The van der Waals surface area contributed by atoms with Crippen LogP contribution in [0.2, 0.25) is 0 Å². The molecule has 1 aliphatic rings. The standard InChI is InChI=1S/C10H10O5/c1-13-5-3-6(14-2)8-7(4-5)15-10(12)9(8)11/h3-4,10,12H,1-2H3. The zero-order chi connectivity index (χ0) is 11.0. The molecule has 1 atom stereocenters. The zero-order valence-electron chi connectivity index (χ0n) is 8.31. The van der Waals surface area contributed by atoms with Crippen LogP contribution >= 0.6 is 0 Å². The molecular weight excluding hydrogens is 200 g/mol. The lowest BCUT2D eigenvalue weighted by Crippen LogP contribution is -2.18. The van der Waals surface area contributed by atoms with E-state index in [0.29, 0.717) is 11.5 Å². The van der Waals surface area contributed by atoms with Gasteiger partial charge in [0.2, 0.25) is 5.78 Å². The van der Waals surface area contributed by atoms with Crippen LogP contribution in [0.3, 0.4) is 0 Å². The summed E-state index contributed by atoms with van der Waals surface area (Å²) in [5, 5.41) is 9.23. The third kappa shape index (κ3) is 1.41. The van der Waals surface area contributed by atoms with E-state index in [1.165, 1.54) is 20.3 Å². The molecule has 1 aliphatic heterocycles. The molecule has 0 aromatic heterocycles. The number of carbonyl (C=O) groups is 1. The summed E-state index contributed by atoms with van der Waals surface area (Å²) in [6.45, 7) is 0. The summed E-state index contributed by atoms with van der Waals surface area (Å²) in [5.74, 6) is 0.631. The van der Waals surface area contributed by atoms with Crippen LogP contribution in [0.25, 0.3) is 0 Å². The van der Waals surface area contributed by atoms with Crippen LogP contribution in [-0.2, 0) is 0 Å². The number of Topliss-reactive ketones (excluding diaryl/α,β-unsaturated/α-hetero) is 1. The van der Waals surface area contributed by atoms with Crippen molar-refractivity contribution in [1.82, 2.24) is 0 Å². The van der Waals surface area contributed by atoms with E-state index in [4.69, 9.17) is 14.2 Å². The Labute approximate surface area is 86.2 Å². The van der Waals surface area contributed by atoms with E-state index in [2.05, 4.69) is 0 Å². The summed E-state index contributed by atoms with van der Waals surface area (Å²) >= 11 is 0. The van der Waals surface area contributed by atoms with Crippen LogP contribution in [0, 0.1) is 0 Å². The molecule has 0 bridgehead atoms. The van der Waals surface area contributed by atoms with Gasteiger partial charge in [-0.3, -0.25) is 4.79 Å². The van der Waals surface area contributed by atoms with E-state index >= 15 is 0 Å². The van der Waals surface area contributed by atoms with Crippen LogP contribution in [0.5, 0.6) is 17.2 Å². The Hall–Kier alpha value is -1.75. The van der Waals surface area contributed by atoms with Gasteiger partial charge in [0.05, 0.1) is 14.2 Å². The largest absolute Gasteiger partial charge is 0.496 e. The highest BCUT2D eigenvalue weighted by molar-refractivity contribution is 6.06. The lowest BCUT2D eigenvalue weighted by molar-refractivity contribution is 0.00858. The maximum absolute atomic E-state index is 11.5. The normalized spacial score (nSPS) is 18.3. The molecule has 1 heterocycles. The predicted molar refractivity (Wildman–Crippen MR) is 50.5 cm³/mol. The van der Waals surface area contributed by atoms with E-state index in [1.807, 2.05) is 0 Å². The van der Waals surface area contributed by atoms with Crippen molar-refractivity contribution in [3.63, 3.8) is 0 Å². The fourth-order valence-electron chi connectivity index (χ4n) is 1.48. The molecular formula is C10H10O5. The van der Waals surface area contributed by atoms with Crippen molar-refractivity contribution in [2.24, 2.45) is 0 Å². The highest BCUT2D eigenvalue weighted by Crippen LogP contribution is 2.39. The van der Waals surface area contributed by atoms with Crippen molar-refractivity contribution in [3.8, 4) is 17.2 Å². The lowest BCUT2D eigenvalue weighted by atomic mass is 10.1. The number of aliphatic hydroxyl groups is 1. The van der Waals surface area contributed by atoms with Crippen molar-refractivity contribution < 1.29 is 24.1 Å². The topological polar surface area (TPSA) is 65.0 Å². The molecule has 1 aromatic carbocycles. The summed E-state index contributed by atoms with van der Waals surface area (Å²) in [6.07, 6.45) is -1.44. The molecule has 1 aromatic rings. The van der Waals surface area contributed by atoms with Gasteiger partial charge in [0.15, 0.2) is 0 Å². The van der Waals surface area contributed by atoms with Gasteiger partial charge in [-0.15, -0.1) is 0 Å². The van der Waals surface area contributed by atoms with Crippen LogP contribution in [0.4, 0.5) is 0 Å². The maximum atomic E-state index is 11.5. The van der Waals surface area contributed by atoms with Gasteiger partial charge in [-0.05, 0) is 0 Å². The highest BCUT2D eigenvalue weighted by Gasteiger charge is 2.34. The summed E-state index contributed by atoms with van der Waals surface area (Å²) < 4.78 is 15.0. The Morgan fingerprint density at radius 1 is 1.33 bits per heavy atom. The van der Waals surface area contributed by atoms with Gasteiger partial charge in [0, 0.05) is 12.1 Å². The van der Waals surface area contributed by atoms with Crippen molar-refractivity contribution in [3.05, 3.63) is 17.7 Å². The number of ketones is 1. The lowest BCUT2D eigenvalue weighted by Gasteiger charge is -2.07. The van der Waals surface area contributed by atoms with Crippen LogP contribution < -0.4 is 14.2 Å². The highest BCUT2D eigenvalue weighted by atomic mass is 16.6. The number of fused-ring (bicyclic) bond motifs is 1. The minimum absolute atomic E-state index is 0.255. The second-order valence-electron chi connectivity index (χ2n) is 3.04. The van der Waals surface area contributed by atoms with Gasteiger partial charge >= 0.3 is 0 Å². The number of carbonyl (C=O) groups excluding carboxylic acids is 1. The smallest absolute Gasteiger partial charge is 0.262 e. The molecule has 0 aliphatic carbocycles. The van der Waals surface area contributed by atoms with Gasteiger partial charge in [0.1, 0.15) is 22.8 Å². The van der Waals surface area contributed by atoms with E-state index in [1.54, 1.807) is 6.07 Å².